The Bertz CT molecular complexity index is 1360. The average Bonchev–Trinajstić information content (AvgIpc) is 2.68. The van der Waals surface area contributed by atoms with Crippen molar-refractivity contribution < 1.29 is 0 Å². The molecule has 124 valence electrons. The maximum atomic E-state index is 13.3. The number of rotatable bonds is 1. The highest BCUT2D eigenvalue weighted by Gasteiger charge is 2.15. The summed E-state index contributed by atoms with van der Waals surface area (Å²) < 4.78 is 1.58. The molecule has 2 aromatic heterocycles. The van der Waals surface area contributed by atoms with Crippen molar-refractivity contribution in [1.82, 2.24) is 14.4 Å². The molecule has 0 saturated heterocycles. The number of benzene rings is 3. The van der Waals surface area contributed by atoms with Crippen LogP contribution in [0.5, 0.6) is 0 Å². The maximum absolute atomic E-state index is 13.3. The molecule has 0 fully saturated rings. The van der Waals surface area contributed by atoms with Crippen LogP contribution in [0.3, 0.4) is 0 Å². The van der Waals surface area contributed by atoms with Gasteiger partial charge in [-0.25, -0.2) is 14.4 Å². The van der Waals surface area contributed by atoms with Gasteiger partial charge in [0.15, 0.2) is 5.65 Å². The van der Waals surface area contributed by atoms with Gasteiger partial charge >= 0.3 is 0 Å². The minimum Gasteiger partial charge on any atom is -0.268 e. The highest BCUT2D eigenvalue weighted by Crippen LogP contribution is 2.26. The second kappa shape index (κ2) is 5.64. The number of fused-ring (bicyclic) bond motifs is 4. The van der Waals surface area contributed by atoms with Gasteiger partial charge in [0, 0.05) is 16.0 Å². The summed E-state index contributed by atoms with van der Waals surface area (Å²) in [7, 11) is 0. The first-order valence-electron chi connectivity index (χ1n) is 8.18. The lowest BCUT2D eigenvalue weighted by Crippen LogP contribution is -2.18. The zero-order valence-corrected chi connectivity index (χ0v) is 14.3. The molecule has 0 aliphatic carbocycles. The third kappa shape index (κ3) is 2.20. The van der Waals surface area contributed by atoms with Crippen molar-refractivity contribution in [3.8, 4) is 11.4 Å². The number of aromatic nitrogens is 3. The molecule has 0 aliphatic rings. The number of nitrogens with zero attached hydrogens (tertiary/aromatic N) is 3. The summed E-state index contributed by atoms with van der Waals surface area (Å²) in [6.07, 6.45) is 0. The standard InChI is InChI=1S/C21H12ClN3O/c22-14-10-11-18-16(12-14)20-24-17-9-5-4-8-15(17)21(26)25(20)19(23-18)13-6-2-1-3-7-13/h1-12H. The van der Waals surface area contributed by atoms with E-state index in [-0.39, 0.29) is 5.56 Å². The van der Waals surface area contributed by atoms with Crippen LogP contribution in [0.2, 0.25) is 5.02 Å². The Morgan fingerprint density at radius 1 is 0.769 bits per heavy atom. The van der Waals surface area contributed by atoms with Crippen molar-refractivity contribution in [3.63, 3.8) is 0 Å². The SMILES string of the molecule is O=c1c2ccccc2nc2c3cc(Cl)ccc3nc(-c3ccccc3)n12. The Kier molecular flexibility index (Phi) is 3.27. The molecule has 0 amide bonds. The molecular weight excluding hydrogens is 346 g/mol. The summed E-state index contributed by atoms with van der Waals surface area (Å²) in [5.74, 6) is 0.568. The zero-order chi connectivity index (χ0) is 17.7. The number of halogens is 1. The second-order valence-corrected chi connectivity index (χ2v) is 6.49. The molecule has 0 unspecified atom stereocenters. The molecule has 0 spiro atoms. The Balaban J connectivity index is 2.08. The van der Waals surface area contributed by atoms with Gasteiger partial charge < -0.3 is 0 Å². The molecule has 3 aromatic carbocycles. The summed E-state index contributed by atoms with van der Waals surface area (Å²) in [5, 5.41) is 1.89. The largest absolute Gasteiger partial charge is 0.268 e. The van der Waals surface area contributed by atoms with Crippen LogP contribution in [0.25, 0.3) is 38.8 Å². The Hall–Kier alpha value is -3.24. The van der Waals surface area contributed by atoms with E-state index in [2.05, 4.69) is 0 Å². The van der Waals surface area contributed by atoms with Crippen LogP contribution in [-0.4, -0.2) is 14.4 Å². The third-order valence-corrected chi connectivity index (χ3v) is 4.68. The lowest BCUT2D eigenvalue weighted by molar-refractivity contribution is 1.05. The van der Waals surface area contributed by atoms with Gasteiger partial charge in [0.25, 0.3) is 5.56 Å². The second-order valence-electron chi connectivity index (χ2n) is 6.06. The van der Waals surface area contributed by atoms with Crippen molar-refractivity contribution in [1.29, 1.82) is 0 Å². The van der Waals surface area contributed by atoms with Gasteiger partial charge in [-0.1, -0.05) is 54.1 Å². The first kappa shape index (κ1) is 15.0. The lowest BCUT2D eigenvalue weighted by atomic mass is 10.1. The minimum atomic E-state index is -0.140. The monoisotopic (exact) mass is 357 g/mol. The van der Waals surface area contributed by atoms with E-state index < -0.39 is 0 Å². The smallest absolute Gasteiger partial charge is 0.267 e. The van der Waals surface area contributed by atoms with E-state index in [0.29, 0.717) is 27.4 Å². The minimum absolute atomic E-state index is 0.140. The van der Waals surface area contributed by atoms with Gasteiger partial charge in [-0.05, 0) is 30.3 Å². The van der Waals surface area contributed by atoms with Crippen molar-refractivity contribution in [3.05, 3.63) is 88.2 Å². The first-order valence-corrected chi connectivity index (χ1v) is 8.56. The topological polar surface area (TPSA) is 47.3 Å². The van der Waals surface area contributed by atoms with Crippen LogP contribution in [0.1, 0.15) is 0 Å². The van der Waals surface area contributed by atoms with E-state index >= 15 is 0 Å². The van der Waals surface area contributed by atoms with Crippen LogP contribution in [-0.2, 0) is 0 Å². The summed E-state index contributed by atoms with van der Waals surface area (Å²) >= 11 is 6.19. The zero-order valence-electron chi connectivity index (χ0n) is 13.6. The van der Waals surface area contributed by atoms with Gasteiger partial charge in [0.2, 0.25) is 0 Å². The number of hydrogen-bond acceptors (Lipinski definition) is 3. The third-order valence-electron chi connectivity index (χ3n) is 4.45. The van der Waals surface area contributed by atoms with E-state index in [0.717, 1.165) is 16.5 Å². The highest BCUT2D eigenvalue weighted by atomic mass is 35.5. The van der Waals surface area contributed by atoms with E-state index in [1.807, 2.05) is 54.6 Å². The van der Waals surface area contributed by atoms with Gasteiger partial charge in [0.1, 0.15) is 5.82 Å². The van der Waals surface area contributed by atoms with Gasteiger partial charge in [-0.15, -0.1) is 0 Å². The molecule has 5 heteroatoms. The summed E-state index contributed by atoms with van der Waals surface area (Å²) in [6.45, 7) is 0. The normalized spacial score (nSPS) is 11.4. The molecule has 2 heterocycles. The van der Waals surface area contributed by atoms with Crippen LogP contribution in [0, 0.1) is 0 Å². The first-order chi connectivity index (χ1) is 12.7. The summed E-state index contributed by atoms with van der Waals surface area (Å²) in [6, 6.07) is 22.4. The molecule has 5 rings (SSSR count). The van der Waals surface area contributed by atoms with Gasteiger partial charge in [0.05, 0.1) is 16.4 Å². The molecule has 0 radical (unpaired) electrons. The molecular formula is C21H12ClN3O. The van der Waals surface area contributed by atoms with E-state index in [1.165, 1.54) is 0 Å². The fourth-order valence-corrected chi connectivity index (χ4v) is 3.41. The van der Waals surface area contributed by atoms with Gasteiger partial charge in [-0.3, -0.25) is 4.79 Å². The Morgan fingerprint density at radius 2 is 1.50 bits per heavy atom. The number of para-hydroxylation sites is 1. The Labute approximate surface area is 153 Å². The fourth-order valence-electron chi connectivity index (χ4n) is 3.24. The molecule has 0 saturated carbocycles. The van der Waals surface area contributed by atoms with Crippen molar-refractivity contribution >= 4 is 39.1 Å². The molecule has 0 bridgehead atoms. The predicted molar refractivity (Wildman–Crippen MR) is 105 cm³/mol. The maximum Gasteiger partial charge on any atom is 0.267 e. The summed E-state index contributed by atoms with van der Waals surface area (Å²) in [4.78, 5) is 22.8. The molecule has 0 N–H and O–H groups in total. The van der Waals surface area contributed by atoms with Crippen LogP contribution in [0.15, 0.2) is 77.6 Å². The molecule has 0 aliphatic heterocycles. The lowest BCUT2D eigenvalue weighted by Gasteiger charge is -2.12. The van der Waals surface area contributed by atoms with Crippen molar-refractivity contribution in [2.45, 2.75) is 0 Å². The number of hydrogen-bond donors (Lipinski definition) is 0. The van der Waals surface area contributed by atoms with E-state index in [1.54, 1.807) is 22.6 Å². The predicted octanol–water partition coefficient (Wildman–Crippen LogP) is 4.72. The molecule has 0 atom stereocenters. The molecule has 26 heavy (non-hydrogen) atoms. The van der Waals surface area contributed by atoms with Crippen molar-refractivity contribution in [2.24, 2.45) is 0 Å². The van der Waals surface area contributed by atoms with E-state index in [9.17, 15) is 4.79 Å². The van der Waals surface area contributed by atoms with Crippen LogP contribution >= 0.6 is 11.6 Å². The molecule has 5 aromatic rings. The van der Waals surface area contributed by atoms with E-state index in [4.69, 9.17) is 21.6 Å². The summed E-state index contributed by atoms with van der Waals surface area (Å²) in [5.41, 5.74) is 2.67. The highest BCUT2D eigenvalue weighted by molar-refractivity contribution is 6.31. The Morgan fingerprint density at radius 3 is 2.35 bits per heavy atom. The van der Waals surface area contributed by atoms with Crippen LogP contribution in [0.4, 0.5) is 0 Å². The van der Waals surface area contributed by atoms with Crippen LogP contribution < -0.4 is 5.56 Å². The van der Waals surface area contributed by atoms with Crippen molar-refractivity contribution in [2.75, 3.05) is 0 Å². The molecule has 4 nitrogen and oxygen atoms in total. The quantitative estimate of drug-likeness (QED) is 0.322. The van der Waals surface area contributed by atoms with Gasteiger partial charge in [-0.2, -0.15) is 0 Å². The fraction of sp³-hybridized carbons (Fsp3) is 0. The average molecular weight is 358 g/mol.